The molecule has 1 saturated carbocycles. The van der Waals surface area contributed by atoms with Crippen molar-refractivity contribution < 1.29 is 17.9 Å². The van der Waals surface area contributed by atoms with Crippen LogP contribution in [-0.2, 0) is 16.4 Å². The number of hydrogen-bond donors (Lipinski definition) is 2. The standard InChI is InChI=1S/C26H21N3O5S/c1-27-35(32,33)25-20(9-5-13-28-25)29-15-18-7-4-10-21-22(18)24(30)23(26(31)34-21)19-8-3-2-6-17(19)14-16-11-12-16/h2-10,13,16,27H,11-12,14H2,1H3/p+1. The van der Waals surface area contributed by atoms with Crippen LogP contribution in [0.15, 0.2) is 75.0 Å². The summed E-state index contributed by atoms with van der Waals surface area (Å²) >= 11 is 0. The van der Waals surface area contributed by atoms with Crippen LogP contribution in [0.5, 0.6) is 5.75 Å². The lowest BCUT2D eigenvalue weighted by atomic mass is 9.95. The van der Waals surface area contributed by atoms with Gasteiger partial charge in [0.1, 0.15) is 22.5 Å². The summed E-state index contributed by atoms with van der Waals surface area (Å²) in [4.78, 5) is 21.1. The van der Waals surface area contributed by atoms with Crippen molar-refractivity contribution in [2.45, 2.75) is 24.3 Å². The van der Waals surface area contributed by atoms with Crippen LogP contribution in [0.2, 0.25) is 0 Å². The van der Waals surface area contributed by atoms with Gasteiger partial charge in [0.05, 0.1) is 5.39 Å². The van der Waals surface area contributed by atoms with Crippen LogP contribution in [0, 0.1) is 12.0 Å². The topological polar surface area (TPSA) is 114 Å². The van der Waals surface area contributed by atoms with Crippen LogP contribution in [0.25, 0.3) is 26.9 Å². The molecule has 2 heterocycles. The quantitative estimate of drug-likeness (QED) is 0.402. The third-order valence-corrected chi connectivity index (χ3v) is 7.33. The number of nitrogens with one attached hydrogen (secondary N) is 1. The molecule has 2 N–H and O–H groups in total. The number of hydrogen-bond acceptors (Lipinski definition) is 6. The molecule has 35 heavy (non-hydrogen) atoms. The monoisotopic (exact) mass is 488 g/mol. The largest absolute Gasteiger partial charge is 0.506 e. The number of aromatic nitrogens is 1. The highest BCUT2D eigenvalue weighted by molar-refractivity contribution is 7.89. The highest BCUT2D eigenvalue weighted by Gasteiger charge is 2.27. The third kappa shape index (κ3) is 4.41. The second-order valence-corrected chi connectivity index (χ2v) is 10.2. The van der Waals surface area contributed by atoms with E-state index in [1.807, 2.05) is 18.2 Å². The van der Waals surface area contributed by atoms with Gasteiger partial charge in [0.25, 0.3) is 15.0 Å². The lowest BCUT2D eigenvalue weighted by Gasteiger charge is -2.11. The van der Waals surface area contributed by atoms with Crippen LogP contribution in [0.3, 0.4) is 0 Å². The molecule has 0 aliphatic heterocycles. The smallest absolute Gasteiger partial charge is 0.379 e. The normalized spacial score (nSPS) is 13.4. The summed E-state index contributed by atoms with van der Waals surface area (Å²) in [6, 6.07) is 18.2. The molecule has 5 rings (SSSR count). The van der Waals surface area contributed by atoms with Gasteiger partial charge in [-0.1, -0.05) is 30.3 Å². The minimum absolute atomic E-state index is 0.0747. The Morgan fingerprint density at radius 1 is 1.14 bits per heavy atom. The number of nitrogens with zero attached hydrogens (tertiary/aromatic N) is 2. The van der Waals surface area contributed by atoms with E-state index < -0.39 is 15.6 Å². The fourth-order valence-corrected chi connectivity index (χ4v) is 4.81. The van der Waals surface area contributed by atoms with E-state index in [0.717, 1.165) is 24.8 Å². The van der Waals surface area contributed by atoms with Gasteiger partial charge in [-0.25, -0.2) is 22.9 Å². The molecule has 176 valence electrons. The fourth-order valence-electron chi connectivity index (χ4n) is 4.03. The van der Waals surface area contributed by atoms with Gasteiger partial charge in [-0.3, -0.25) is 0 Å². The van der Waals surface area contributed by atoms with E-state index in [4.69, 9.17) is 4.42 Å². The first kappa shape index (κ1) is 22.8. The van der Waals surface area contributed by atoms with Crippen LogP contribution >= 0.6 is 0 Å². The Labute approximate surface area is 201 Å². The van der Waals surface area contributed by atoms with E-state index in [0.29, 0.717) is 17.0 Å². The van der Waals surface area contributed by atoms with Crippen LogP contribution in [-0.4, -0.2) is 25.6 Å². The van der Waals surface area contributed by atoms with E-state index in [2.05, 4.69) is 20.6 Å². The Hall–Kier alpha value is -4.00. The summed E-state index contributed by atoms with van der Waals surface area (Å²) in [6.07, 6.45) is 4.49. The average molecular weight is 489 g/mol. The Balaban J connectivity index is 1.69. The Morgan fingerprint density at radius 2 is 1.94 bits per heavy atom. The molecular formula is C26H22N3O5S+. The van der Waals surface area contributed by atoms with Crippen molar-refractivity contribution in [3.05, 3.63) is 87.2 Å². The fraction of sp³-hybridized carbons (Fsp3) is 0.192. The summed E-state index contributed by atoms with van der Waals surface area (Å²) in [5.74, 6) is 0.358. The molecule has 0 radical (unpaired) electrons. The molecule has 8 nitrogen and oxygen atoms in total. The predicted molar refractivity (Wildman–Crippen MR) is 133 cm³/mol. The first-order chi connectivity index (χ1) is 16.9. The van der Waals surface area contributed by atoms with Crippen LogP contribution in [0.1, 0.15) is 24.0 Å². The molecule has 0 atom stereocenters. The van der Waals surface area contributed by atoms with Gasteiger partial charge in [-0.05, 0) is 66.4 Å². The van der Waals surface area contributed by atoms with E-state index >= 15 is 0 Å². The maximum absolute atomic E-state index is 12.9. The summed E-state index contributed by atoms with van der Waals surface area (Å²) < 4.78 is 32.4. The molecule has 1 aliphatic rings. The number of pyridine rings is 1. The molecule has 0 spiro atoms. The van der Waals surface area contributed by atoms with Gasteiger partial charge in [-0.2, -0.15) is 0 Å². The highest BCUT2D eigenvalue weighted by atomic mass is 32.2. The molecule has 0 bridgehead atoms. The number of benzene rings is 2. The Bertz CT molecular complexity index is 1680. The summed E-state index contributed by atoms with van der Waals surface area (Å²) in [5, 5.41) is 11.3. The van der Waals surface area contributed by atoms with Crippen LogP contribution < -0.4 is 10.3 Å². The molecular weight excluding hydrogens is 466 g/mol. The van der Waals surface area contributed by atoms with Crippen molar-refractivity contribution in [2.75, 3.05) is 7.05 Å². The zero-order chi connectivity index (χ0) is 24.6. The first-order valence-corrected chi connectivity index (χ1v) is 12.6. The molecule has 9 heteroatoms. The first-order valence-electron chi connectivity index (χ1n) is 11.1. The molecule has 0 amide bonds. The van der Waals surface area contributed by atoms with E-state index in [1.165, 1.54) is 19.3 Å². The van der Waals surface area contributed by atoms with Gasteiger partial charge >= 0.3 is 17.4 Å². The molecule has 0 saturated heterocycles. The molecule has 4 aromatic rings. The zero-order valence-corrected chi connectivity index (χ0v) is 19.7. The Kier molecular flexibility index (Phi) is 5.84. The second-order valence-electron chi connectivity index (χ2n) is 8.36. The van der Waals surface area contributed by atoms with Crippen LogP contribution in [0.4, 0.5) is 5.69 Å². The van der Waals surface area contributed by atoms with Crippen molar-refractivity contribution in [1.82, 2.24) is 9.71 Å². The van der Waals surface area contributed by atoms with Crippen molar-refractivity contribution >= 4 is 26.7 Å². The maximum Gasteiger partial charge on any atom is 0.379 e. The van der Waals surface area contributed by atoms with Gasteiger partial charge in [0.15, 0.2) is 0 Å². The van der Waals surface area contributed by atoms with Crippen molar-refractivity contribution in [1.29, 1.82) is 0 Å². The number of fused-ring (bicyclic) bond motifs is 1. The van der Waals surface area contributed by atoms with Gasteiger partial charge in [-0.15, -0.1) is 0 Å². The SMILES string of the molecule is CNS(=O)(=O)c1ncccc1[N+]#Cc1cccc2oc(=O)c(-c3ccccc3CC3CC3)c(O)c12. The lowest BCUT2D eigenvalue weighted by molar-refractivity contribution is 0.471. The molecule has 0 unspecified atom stereocenters. The van der Waals surface area contributed by atoms with E-state index in [-0.39, 0.29) is 33.0 Å². The van der Waals surface area contributed by atoms with E-state index in [9.17, 15) is 18.3 Å². The lowest BCUT2D eigenvalue weighted by Crippen LogP contribution is -2.19. The van der Waals surface area contributed by atoms with Crippen molar-refractivity contribution in [3.8, 4) is 22.9 Å². The third-order valence-electron chi connectivity index (χ3n) is 5.97. The van der Waals surface area contributed by atoms with Gasteiger partial charge in [0.2, 0.25) is 0 Å². The van der Waals surface area contributed by atoms with Gasteiger partial charge in [0, 0.05) is 12.3 Å². The highest BCUT2D eigenvalue weighted by Crippen LogP contribution is 2.39. The zero-order valence-electron chi connectivity index (χ0n) is 18.9. The van der Waals surface area contributed by atoms with Crippen molar-refractivity contribution in [3.63, 3.8) is 0 Å². The number of rotatable bonds is 5. The summed E-state index contributed by atoms with van der Waals surface area (Å²) in [5.41, 5.74) is 1.64. The summed E-state index contributed by atoms with van der Waals surface area (Å²) in [6.45, 7) is 0. The molecule has 1 aliphatic carbocycles. The number of aromatic hydroxyl groups is 1. The van der Waals surface area contributed by atoms with E-state index in [1.54, 1.807) is 30.3 Å². The molecule has 2 aromatic carbocycles. The predicted octanol–water partition coefficient (Wildman–Crippen LogP) is 4.43. The molecule has 1 fully saturated rings. The molecule has 2 aromatic heterocycles. The minimum Gasteiger partial charge on any atom is -0.506 e. The summed E-state index contributed by atoms with van der Waals surface area (Å²) in [7, 11) is -2.56. The second kappa shape index (κ2) is 8.98. The van der Waals surface area contributed by atoms with Crippen molar-refractivity contribution in [2.24, 2.45) is 5.92 Å². The van der Waals surface area contributed by atoms with Gasteiger partial charge < -0.3 is 9.52 Å². The number of sulfonamides is 1. The Morgan fingerprint density at radius 3 is 2.71 bits per heavy atom. The maximum atomic E-state index is 12.9. The average Bonchev–Trinajstić information content (AvgIpc) is 3.68. The minimum atomic E-state index is -3.85.